The summed E-state index contributed by atoms with van der Waals surface area (Å²) in [4.78, 5) is 25.3. The van der Waals surface area contributed by atoms with Crippen LogP contribution in [0, 0.1) is 5.82 Å². The van der Waals surface area contributed by atoms with Gasteiger partial charge in [-0.2, -0.15) is 4.21 Å². The summed E-state index contributed by atoms with van der Waals surface area (Å²) in [6, 6.07) is 4.31. The zero-order valence-corrected chi connectivity index (χ0v) is 19.6. The van der Waals surface area contributed by atoms with Crippen molar-refractivity contribution in [1.82, 2.24) is 9.97 Å². The third-order valence-electron chi connectivity index (χ3n) is 5.60. The van der Waals surface area contributed by atoms with Crippen LogP contribution in [-0.4, -0.2) is 56.7 Å². The van der Waals surface area contributed by atoms with E-state index in [9.17, 15) is 24.5 Å². The predicted molar refractivity (Wildman–Crippen MR) is 118 cm³/mol. The third-order valence-corrected chi connectivity index (χ3v) is 5.60. The Kier molecular flexibility index (Phi) is 9.29. The molecule has 0 saturated heterocycles. The summed E-state index contributed by atoms with van der Waals surface area (Å²) >= 11 is 2.83. The Morgan fingerprint density at radius 3 is 2.58 bits per heavy atom. The van der Waals surface area contributed by atoms with Gasteiger partial charge in [0.1, 0.15) is 5.82 Å². The molecule has 1 heterocycles. The quantitative estimate of drug-likeness (QED) is 0.526. The molecule has 0 unspecified atom stereocenters. The molecule has 0 bridgehead atoms. The number of carboxylic acids is 1. The highest BCUT2D eigenvalue weighted by atomic mass is 32.1. The van der Waals surface area contributed by atoms with Crippen LogP contribution in [0.3, 0.4) is 0 Å². The Bertz CT molecular complexity index is 993. The monoisotopic (exact) mass is 480 g/mol. The fraction of sp³-hybridized carbons (Fsp3) is 0.500. The summed E-state index contributed by atoms with van der Waals surface area (Å²) in [5.74, 6) is -2.00. The van der Waals surface area contributed by atoms with E-state index in [1.54, 1.807) is 13.1 Å². The molecule has 180 valence electrons. The standard InChI is InChI=1S/C22H28FN3O5.OS/c1-11(2)20-17-10-16(18(28)8-13(27)9-19(29)30)15-7-12(23)5-6-14(15)21(17)25-22(24-20)26(3)31-4;1-2/h5-7,11,13,16,18,27-28H,8-10H2,1-4H3,(H,29,30);/p-1/t13-,16+,18+;/m1./s1. The Morgan fingerprint density at radius 1 is 1.33 bits per heavy atom. The average Bonchev–Trinajstić information content (AvgIpc) is 2.77. The van der Waals surface area contributed by atoms with E-state index >= 15 is 0 Å². The summed E-state index contributed by atoms with van der Waals surface area (Å²) in [6.07, 6.45) is -2.79. The summed E-state index contributed by atoms with van der Waals surface area (Å²) < 4.78 is 22.0. The number of rotatable bonds is 8. The largest absolute Gasteiger partial charge is 0.550 e. The lowest BCUT2D eigenvalue weighted by Crippen LogP contribution is -2.33. The van der Waals surface area contributed by atoms with Gasteiger partial charge in [0, 0.05) is 42.9 Å². The maximum atomic E-state index is 14.1. The van der Waals surface area contributed by atoms with Gasteiger partial charge in [-0.05, 0) is 36.1 Å². The first-order chi connectivity index (χ1) is 15.6. The first kappa shape index (κ1) is 26.7. The minimum atomic E-state index is -1.40. The number of carbonyl (C=O) groups excluding carboxylic acids is 1. The van der Waals surface area contributed by atoms with Crippen LogP contribution in [0.15, 0.2) is 18.2 Å². The summed E-state index contributed by atoms with van der Waals surface area (Å²) in [5, 5.41) is 33.1. The highest BCUT2D eigenvalue weighted by molar-refractivity contribution is 7.44. The number of hydroxylamine groups is 1. The molecule has 1 aromatic carbocycles. The van der Waals surface area contributed by atoms with Gasteiger partial charge in [0.25, 0.3) is 0 Å². The number of hydrogen-bond acceptors (Lipinski definition) is 10. The average molecular weight is 481 g/mol. The normalized spacial score (nSPS) is 16.2. The van der Waals surface area contributed by atoms with Crippen LogP contribution in [0.4, 0.5) is 10.3 Å². The molecule has 0 fully saturated rings. The second kappa shape index (κ2) is 11.5. The number of benzene rings is 1. The maximum absolute atomic E-state index is 14.1. The van der Waals surface area contributed by atoms with Gasteiger partial charge in [0.2, 0.25) is 5.95 Å². The summed E-state index contributed by atoms with van der Waals surface area (Å²) in [5.41, 5.74) is 3.48. The van der Waals surface area contributed by atoms with E-state index in [2.05, 4.69) is 22.5 Å². The van der Waals surface area contributed by atoms with Crippen molar-refractivity contribution in [2.45, 2.75) is 57.2 Å². The number of nitrogens with zero attached hydrogens (tertiary/aromatic N) is 3. The van der Waals surface area contributed by atoms with E-state index in [4.69, 9.17) is 9.05 Å². The second-order valence-electron chi connectivity index (χ2n) is 8.15. The van der Waals surface area contributed by atoms with Crippen molar-refractivity contribution < 1.29 is 33.6 Å². The van der Waals surface area contributed by atoms with Gasteiger partial charge in [-0.25, -0.2) is 19.4 Å². The van der Waals surface area contributed by atoms with Crippen LogP contribution in [0.5, 0.6) is 0 Å². The molecule has 9 nitrogen and oxygen atoms in total. The number of aromatic nitrogens is 2. The van der Waals surface area contributed by atoms with Crippen LogP contribution in [0.2, 0.25) is 0 Å². The van der Waals surface area contributed by atoms with E-state index in [1.165, 1.54) is 24.3 Å². The van der Waals surface area contributed by atoms with E-state index in [-0.39, 0.29) is 12.3 Å². The molecule has 33 heavy (non-hydrogen) atoms. The van der Waals surface area contributed by atoms with E-state index in [1.807, 2.05) is 13.8 Å². The minimum absolute atomic E-state index is 0.0456. The zero-order chi connectivity index (χ0) is 24.9. The first-order valence-corrected chi connectivity index (χ1v) is 10.7. The van der Waals surface area contributed by atoms with Crippen molar-refractivity contribution >= 4 is 24.5 Å². The SMILES string of the molecule is CON(C)c1nc2c(c(C(C)C)n1)C[C@H]([C@@H](O)C[C@@H](O)CC(=O)[O-])c1cc(F)ccc1-2.O=S. The van der Waals surface area contributed by atoms with Crippen molar-refractivity contribution in [2.75, 3.05) is 19.2 Å². The molecule has 0 aliphatic heterocycles. The number of carboxylic acid groups (broad SMARTS) is 1. The van der Waals surface area contributed by atoms with Gasteiger partial charge in [0.15, 0.2) is 12.5 Å². The molecule has 11 heteroatoms. The van der Waals surface area contributed by atoms with E-state index in [0.717, 1.165) is 11.3 Å². The number of anilines is 1. The molecule has 3 atom stereocenters. The lowest BCUT2D eigenvalue weighted by atomic mass is 9.75. The molecular formula is C22H27FN3O6S-. The van der Waals surface area contributed by atoms with Crippen LogP contribution in [0.25, 0.3) is 11.3 Å². The van der Waals surface area contributed by atoms with Crippen molar-refractivity contribution in [1.29, 1.82) is 0 Å². The Hall–Kier alpha value is -2.60. The van der Waals surface area contributed by atoms with Gasteiger partial charge in [-0.1, -0.05) is 13.8 Å². The fourth-order valence-corrected chi connectivity index (χ4v) is 4.06. The lowest BCUT2D eigenvalue weighted by Gasteiger charge is -2.33. The van der Waals surface area contributed by atoms with Gasteiger partial charge in [-0.3, -0.25) is 4.84 Å². The van der Waals surface area contributed by atoms with Gasteiger partial charge < -0.3 is 20.1 Å². The number of aliphatic hydroxyl groups excluding tert-OH is 2. The number of aliphatic carboxylic acids is 1. The molecule has 1 aromatic heterocycles. The number of aliphatic hydroxyl groups is 2. The summed E-state index contributed by atoms with van der Waals surface area (Å²) in [7, 11) is 3.19. The molecule has 0 spiro atoms. The molecule has 0 radical (unpaired) electrons. The summed E-state index contributed by atoms with van der Waals surface area (Å²) in [6.45, 7) is 3.99. The number of halogens is 1. The Labute approximate surface area is 196 Å². The highest BCUT2D eigenvalue weighted by Gasteiger charge is 2.35. The Morgan fingerprint density at radius 2 is 2.00 bits per heavy atom. The smallest absolute Gasteiger partial charge is 0.250 e. The molecule has 1 aliphatic carbocycles. The highest BCUT2D eigenvalue weighted by Crippen LogP contribution is 2.44. The van der Waals surface area contributed by atoms with Crippen molar-refractivity contribution in [2.24, 2.45) is 0 Å². The number of fused-ring (bicyclic) bond motifs is 3. The van der Waals surface area contributed by atoms with Crippen LogP contribution in [0.1, 0.15) is 55.3 Å². The van der Waals surface area contributed by atoms with E-state index in [0.29, 0.717) is 29.2 Å². The molecule has 1 aliphatic rings. The van der Waals surface area contributed by atoms with E-state index < -0.39 is 36.3 Å². The van der Waals surface area contributed by atoms with Crippen molar-refractivity contribution in [3.8, 4) is 11.3 Å². The van der Waals surface area contributed by atoms with Crippen molar-refractivity contribution in [3.05, 3.63) is 40.8 Å². The molecular weight excluding hydrogens is 453 g/mol. The molecule has 0 amide bonds. The molecule has 2 aromatic rings. The minimum Gasteiger partial charge on any atom is -0.550 e. The number of carbonyl (C=O) groups is 1. The fourth-order valence-electron chi connectivity index (χ4n) is 4.06. The predicted octanol–water partition coefficient (Wildman–Crippen LogP) is 0.959. The van der Waals surface area contributed by atoms with Gasteiger partial charge in [0.05, 0.1) is 30.7 Å². The second-order valence-corrected chi connectivity index (χ2v) is 8.15. The third kappa shape index (κ3) is 6.05. The zero-order valence-electron chi connectivity index (χ0n) is 18.8. The van der Waals surface area contributed by atoms with Crippen LogP contribution < -0.4 is 10.2 Å². The molecule has 2 N–H and O–H groups in total. The Balaban J connectivity index is 0.00000187. The van der Waals surface area contributed by atoms with Gasteiger partial charge >= 0.3 is 0 Å². The maximum Gasteiger partial charge on any atom is 0.250 e. The molecule has 0 saturated carbocycles. The molecule has 3 rings (SSSR count). The topological polar surface area (TPSA) is 136 Å². The van der Waals surface area contributed by atoms with Crippen LogP contribution >= 0.6 is 0 Å². The lowest BCUT2D eigenvalue weighted by molar-refractivity contribution is -0.307. The number of hydrogen-bond donors (Lipinski definition) is 2. The van der Waals surface area contributed by atoms with Crippen LogP contribution in [-0.2, 0) is 28.6 Å². The van der Waals surface area contributed by atoms with Crippen molar-refractivity contribution in [3.63, 3.8) is 0 Å². The first-order valence-electron chi connectivity index (χ1n) is 10.3. The van der Waals surface area contributed by atoms with Gasteiger partial charge in [-0.15, -0.1) is 0 Å².